The summed E-state index contributed by atoms with van der Waals surface area (Å²) in [6, 6.07) is 2.49. The number of likely N-dealkylation sites (tertiary alicyclic amines) is 1. The van der Waals surface area contributed by atoms with E-state index in [0.29, 0.717) is 25.7 Å². The van der Waals surface area contributed by atoms with Gasteiger partial charge in [-0.15, -0.1) is 0 Å². The van der Waals surface area contributed by atoms with E-state index in [1.165, 1.54) is 4.90 Å². The highest BCUT2D eigenvalue weighted by Crippen LogP contribution is 2.22. The number of rotatable bonds is 15. The van der Waals surface area contributed by atoms with E-state index in [4.69, 9.17) is 22.3 Å². The van der Waals surface area contributed by atoms with Gasteiger partial charge in [-0.05, 0) is 50.2 Å². The number of carbonyl (C=O) groups excluding carboxylic acids is 5. The lowest BCUT2D eigenvalue weighted by atomic mass is 9.98. The van der Waals surface area contributed by atoms with Gasteiger partial charge < -0.3 is 48.1 Å². The number of para-hydroxylation sites is 1. The summed E-state index contributed by atoms with van der Waals surface area (Å²) in [5.41, 5.74) is 18.1. The third kappa shape index (κ3) is 9.43. The summed E-state index contributed by atoms with van der Waals surface area (Å²) in [5, 5.41) is 17.6. The number of aliphatic carboxylic acids is 1. The van der Waals surface area contributed by atoms with Gasteiger partial charge in [0.25, 0.3) is 0 Å². The van der Waals surface area contributed by atoms with E-state index < -0.39 is 59.8 Å². The van der Waals surface area contributed by atoms with Gasteiger partial charge in [-0.2, -0.15) is 0 Å². The number of nitrogens with zero attached hydrogens (tertiary/aromatic N) is 1. The number of aromatic nitrogens is 1. The van der Waals surface area contributed by atoms with Crippen molar-refractivity contribution < 1.29 is 33.9 Å². The number of carbonyl (C=O) groups is 6. The minimum atomic E-state index is -1.14. The number of piperidine rings is 1. The smallest absolute Gasteiger partial charge is 0.312 e. The van der Waals surface area contributed by atoms with Gasteiger partial charge in [0.2, 0.25) is 23.6 Å². The van der Waals surface area contributed by atoms with Crippen molar-refractivity contribution in [1.82, 2.24) is 25.8 Å². The predicted molar refractivity (Wildman–Crippen MR) is 156 cm³/mol. The minimum absolute atomic E-state index is 0.0646. The van der Waals surface area contributed by atoms with Crippen molar-refractivity contribution in [2.45, 2.75) is 75.5 Å². The van der Waals surface area contributed by atoms with Crippen LogP contribution in [0.4, 0.5) is 4.79 Å². The Morgan fingerprint density at radius 3 is 2.47 bits per heavy atom. The predicted octanol–water partition coefficient (Wildman–Crippen LogP) is -0.813. The van der Waals surface area contributed by atoms with Gasteiger partial charge in [0.05, 0.1) is 6.04 Å². The second kappa shape index (κ2) is 15.5. The molecule has 15 nitrogen and oxygen atoms in total. The first kappa shape index (κ1) is 32.8. The molecule has 2 aromatic rings. The molecule has 234 valence electrons. The molecule has 4 atom stereocenters. The highest BCUT2D eigenvalue weighted by atomic mass is 16.4. The highest BCUT2D eigenvalue weighted by Gasteiger charge is 2.36. The van der Waals surface area contributed by atoms with Crippen molar-refractivity contribution in [2.75, 3.05) is 13.1 Å². The number of benzene rings is 1. The van der Waals surface area contributed by atoms with Gasteiger partial charge in [-0.3, -0.25) is 24.0 Å². The zero-order valence-corrected chi connectivity index (χ0v) is 23.8. The molecular weight excluding hydrogens is 560 g/mol. The number of aromatic amines is 1. The van der Waals surface area contributed by atoms with Crippen LogP contribution in [0.2, 0.25) is 0 Å². The molecule has 1 aromatic heterocycles. The fraction of sp³-hybridized carbons (Fsp3) is 0.500. The maximum atomic E-state index is 13.6. The molecule has 0 radical (unpaired) electrons. The summed E-state index contributed by atoms with van der Waals surface area (Å²) in [5.74, 6) is -3.63. The minimum Gasteiger partial charge on any atom is -0.481 e. The number of hydrogen-bond acceptors (Lipinski definition) is 7. The molecule has 3 unspecified atom stereocenters. The monoisotopic (exact) mass is 600 g/mol. The zero-order valence-electron chi connectivity index (χ0n) is 23.8. The van der Waals surface area contributed by atoms with E-state index in [2.05, 4.69) is 20.9 Å². The second-order valence-electron chi connectivity index (χ2n) is 10.6. The van der Waals surface area contributed by atoms with Gasteiger partial charge in [0.15, 0.2) is 0 Å². The van der Waals surface area contributed by atoms with Crippen LogP contribution in [0.25, 0.3) is 10.9 Å². The molecule has 2 heterocycles. The quantitative estimate of drug-likeness (QED) is 0.120. The van der Waals surface area contributed by atoms with E-state index in [-0.39, 0.29) is 38.8 Å². The van der Waals surface area contributed by atoms with Gasteiger partial charge in [-0.25, -0.2) is 4.79 Å². The van der Waals surface area contributed by atoms with Gasteiger partial charge in [-0.1, -0.05) is 18.2 Å². The van der Waals surface area contributed by atoms with Crippen molar-refractivity contribution in [2.24, 2.45) is 17.2 Å². The topological polar surface area (TPSA) is 256 Å². The van der Waals surface area contributed by atoms with Crippen LogP contribution in [0.3, 0.4) is 0 Å². The van der Waals surface area contributed by atoms with Gasteiger partial charge >= 0.3 is 12.0 Å². The first-order chi connectivity index (χ1) is 20.5. The third-order valence-electron chi connectivity index (χ3n) is 7.44. The summed E-state index contributed by atoms with van der Waals surface area (Å²) in [6.07, 6.45) is 3.50. The maximum Gasteiger partial charge on any atom is 0.312 e. The summed E-state index contributed by atoms with van der Waals surface area (Å²) in [6.45, 7) is 0.435. The molecule has 1 aliphatic heterocycles. The number of nitrogens with two attached hydrogens (primary N) is 3. The molecule has 1 fully saturated rings. The first-order valence-electron chi connectivity index (χ1n) is 14.2. The fourth-order valence-corrected chi connectivity index (χ4v) is 5.16. The van der Waals surface area contributed by atoms with Crippen LogP contribution in [-0.4, -0.2) is 87.9 Å². The van der Waals surface area contributed by atoms with Crippen molar-refractivity contribution in [3.05, 3.63) is 36.0 Å². The number of carboxylic acids is 1. The molecule has 11 N–H and O–H groups in total. The summed E-state index contributed by atoms with van der Waals surface area (Å²) < 4.78 is 0. The average molecular weight is 601 g/mol. The second-order valence-corrected chi connectivity index (χ2v) is 10.6. The Kier molecular flexibility index (Phi) is 11.9. The van der Waals surface area contributed by atoms with Crippen molar-refractivity contribution >= 4 is 46.5 Å². The lowest BCUT2D eigenvalue weighted by Crippen LogP contribution is -2.60. The molecule has 15 heteroatoms. The van der Waals surface area contributed by atoms with E-state index in [0.717, 1.165) is 16.5 Å². The number of nitrogens with one attached hydrogen (secondary N) is 4. The van der Waals surface area contributed by atoms with Crippen molar-refractivity contribution in [3.63, 3.8) is 0 Å². The van der Waals surface area contributed by atoms with Crippen LogP contribution >= 0.6 is 0 Å². The maximum absolute atomic E-state index is 13.6. The Morgan fingerprint density at radius 1 is 1.02 bits per heavy atom. The number of carboxylic acid groups (broad SMARTS) is 1. The number of hydrogen-bond donors (Lipinski definition) is 8. The normalized spacial score (nSPS) is 17.0. The Hall–Kier alpha value is -4.66. The summed E-state index contributed by atoms with van der Waals surface area (Å²) in [4.78, 5) is 78.8. The highest BCUT2D eigenvalue weighted by molar-refractivity contribution is 5.95. The van der Waals surface area contributed by atoms with Crippen LogP contribution in [0.15, 0.2) is 30.5 Å². The number of primary amides is 2. The number of urea groups is 1. The van der Waals surface area contributed by atoms with Crippen LogP contribution in [0.1, 0.15) is 50.5 Å². The van der Waals surface area contributed by atoms with Crippen LogP contribution in [-0.2, 0) is 30.4 Å². The molecule has 43 heavy (non-hydrogen) atoms. The van der Waals surface area contributed by atoms with Crippen LogP contribution in [0, 0.1) is 0 Å². The van der Waals surface area contributed by atoms with Crippen LogP contribution < -0.4 is 33.2 Å². The van der Waals surface area contributed by atoms with E-state index in [1.807, 2.05) is 24.3 Å². The zero-order chi connectivity index (χ0) is 31.5. The average Bonchev–Trinajstić information content (AvgIpc) is 3.38. The molecule has 1 saturated heterocycles. The standard InChI is InChI=1S/C28H40N8O7/c29-18(10-11-23(37)38)27(42)36-13-4-3-9-22(36)26(41)35-21(14-16-15-33-19-7-2-1-6-17(16)19)25(40)34-20(24(30)39)8-5-12-32-28(31)43/h1-2,6-7,15,18,20-22,33H,3-5,8-14,29H2,(H2,30,39)(H,34,40)(H,35,41)(H,37,38)(H3,31,32,43)/t18?,20?,21?,22-/m0/s1. The summed E-state index contributed by atoms with van der Waals surface area (Å²) >= 11 is 0. The number of fused-ring (bicyclic) bond motifs is 1. The SMILES string of the molecule is NC(=O)NCCCC(NC(=O)C(Cc1c[nH]c2ccccc12)NC(=O)[C@@H]1CCCCN1C(=O)C(N)CCC(=O)O)C(N)=O. The first-order valence-corrected chi connectivity index (χ1v) is 14.2. The Bertz CT molecular complexity index is 1330. The van der Waals surface area contributed by atoms with Gasteiger partial charge in [0, 0.05) is 43.0 Å². The fourth-order valence-electron chi connectivity index (χ4n) is 5.16. The molecule has 3 rings (SSSR count). The third-order valence-corrected chi connectivity index (χ3v) is 7.44. The molecule has 0 saturated carbocycles. The van der Waals surface area contributed by atoms with Crippen molar-refractivity contribution in [3.8, 4) is 0 Å². The van der Waals surface area contributed by atoms with E-state index in [9.17, 15) is 28.8 Å². The Labute approximate surface area is 248 Å². The molecule has 1 aliphatic rings. The lowest BCUT2D eigenvalue weighted by Gasteiger charge is -2.37. The Morgan fingerprint density at radius 2 is 1.77 bits per heavy atom. The number of amides is 6. The lowest BCUT2D eigenvalue weighted by molar-refractivity contribution is -0.144. The van der Waals surface area contributed by atoms with Gasteiger partial charge in [0.1, 0.15) is 18.1 Å². The molecular formula is C28H40N8O7. The van der Waals surface area contributed by atoms with E-state index in [1.54, 1.807) is 6.20 Å². The largest absolute Gasteiger partial charge is 0.481 e. The molecule has 6 amide bonds. The number of H-pyrrole nitrogens is 1. The van der Waals surface area contributed by atoms with Crippen LogP contribution in [0.5, 0.6) is 0 Å². The molecule has 0 aliphatic carbocycles. The van der Waals surface area contributed by atoms with E-state index >= 15 is 0 Å². The molecule has 0 spiro atoms. The summed E-state index contributed by atoms with van der Waals surface area (Å²) in [7, 11) is 0. The van der Waals surface area contributed by atoms with Crippen molar-refractivity contribution in [1.29, 1.82) is 0 Å². The Balaban J connectivity index is 1.80. The molecule has 1 aromatic carbocycles. The molecule has 0 bridgehead atoms.